The van der Waals surface area contributed by atoms with Crippen molar-refractivity contribution in [3.8, 4) is 0 Å². The molecule has 0 rings (SSSR count). The summed E-state index contributed by atoms with van der Waals surface area (Å²) >= 11 is 0. The lowest BCUT2D eigenvalue weighted by Crippen LogP contribution is -2.03. The van der Waals surface area contributed by atoms with Crippen molar-refractivity contribution in [1.29, 1.82) is 0 Å². The Hall–Kier alpha value is -2.61. The van der Waals surface area contributed by atoms with Gasteiger partial charge in [0.2, 0.25) is 0 Å². The highest BCUT2D eigenvalue weighted by atomic mass is 16.5. The first-order valence-electron chi connectivity index (χ1n) is 7.47. The lowest BCUT2D eigenvalue weighted by molar-refractivity contribution is -0.138. The van der Waals surface area contributed by atoms with Crippen LogP contribution < -0.4 is 0 Å². The van der Waals surface area contributed by atoms with Crippen molar-refractivity contribution in [2.24, 2.45) is 0 Å². The highest BCUT2D eigenvalue weighted by Gasteiger charge is 1.98. The van der Waals surface area contributed by atoms with Gasteiger partial charge in [0.15, 0.2) is 0 Å². The standard InChI is InChI=1S/C6H10O2.2C4H6O2.3CH4O2/c1-4-8-6(7)5(2)3;2*1-3(2)4(5)6;3*2-1-3/h2,4H2,1,3H3;2*1H2,2H3,(H,5,6);3*2-3H,1H2. The van der Waals surface area contributed by atoms with E-state index in [2.05, 4.69) is 24.5 Å². The van der Waals surface area contributed by atoms with Gasteiger partial charge in [0.05, 0.1) is 6.61 Å². The molecule has 0 fully saturated rings. The Labute approximate surface area is 169 Å². The number of esters is 1. The van der Waals surface area contributed by atoms with E-state index < -0.39 is 32.3 Å². The number of carboxylic acid groups (broad SMARTS) is 2. The highest BCUT2D eigenvalue weighted by Crippen LogP contribution is 1.89. The van der Waals surface area contributed by atoms with Gasteiger partial charge in [0.1, 0.15) is 20.4 Å². The van der Waals surface area contributed by atoms with Gasteiger partial charge in [-0.1, -0.05) is 19.7 Å². The normalized spacial score (nSPS) is 7.24. The molecule has 0 aromatic carbocycles. The van der Waals surface area contributed by atoms with Crippen molar-refractivity contribution < 1.29 is 60.0 Å². The number of aliphatic hydroxyl groups is 6. The predicted molar refractivity (Wildman–Crippen MR) is 104 cm³/mol. The molecular formula is C17H34O12. The smallest absolute Gasteiger partial charge is 0.333 e. The molecule has 29 heavy (non-hydrogen) atoms. The zero-order valence-electron chi connectivity index (χ0n) is 17.2. The zero-order valence-corrected chi connectivity index (χ0v) is 17.2. The van der Waals surface area contributed by atoms with E-state index in [1.54, 1.807) is 13.8 Å². The summed E-state index contributed by atoms with van der Waals surface area (Å²) in [7, 11) is 0. The summed E-state index contributed by atoms with van der Waals surface area (Å²) in [4.78, 5) is 29.6. The number of carboxylic acids is 2. The van der Waals surface area contributed by atoms with E-state index in [9.17, 15) is 14.4 Å². The van der Waals surface area contributed by atoms with Crippen molar-refractivity contribution >= 4 is 17.9 Å². The Kier molecular flexibility index (Phi) is 51.3. The molecule has 12 nitrogen and oxygen atoms in total. The maximum Gasteiger partial charge on any atom is 0.333 e. The van der Waals surface area contributed by atoms with Gasteiger partial charge in [-0.15, -0.1) is 0 Å². The largest absolute Gasteiger partial charge is 0.478 e. The lowest BCUT2D eigenvalue weighted by atomic mass is 10.4. The molecule has 0 saturated heterocycles. The Bertz CT molecular complexity index is 391. The first kappa shape index (κ1) is 40.9. The molecule has 0 atom stereocenters. The second kappa shape index (κ2) is 36.3. The number of aliphatic carboxylic acids is 2. The zero-order chi connectivity index (χ0) is 25.0. The minimum absolute atomic E-state index is 0.176. The van der Waals surface area contributed by atoms with Gasteiger partial charge in [0, 0.05) is 16.7 Å². The van der Waals surface area contributed by atoms with Gasteiger partial charge in [0.25, 0.3) is 0 Å². The number of hydrogen-bond donors (Lipinski definition) is 8. The molecule has 0 bridgehead atoms. The first-order chi connectivity index (χ1) is 13.2. The monoisotopic (exact) mass is 430 g/mol. The van der Waals surface area contributed by atoms with Crippen molar-refractivity contribution in [2.45, 2.75) is 27.7 Å². The molecule has 0 aliphatic heterocycles. The first-order valence-corrected chi connectivity index (χ1v) is 7.47. The van der Waals surface area contributed by atoms with Gasteiger partial charge in [-0.3, -0.25) is 0 Å². The van der Waals surface area contributed by atoms with Crippen LogP contribution in [-0.4, -0.2) is 85.7 Å². The Morgan fingerprint density at radius 1 is 0.655 bits per heavy atom. The minimum atomic E-state index is -0.935. The van der Waals surface area contributed by atoms with E-state index in [1.165, 1.54) is 13.8 Å². The van der Waals surface area contributed by atoms with E-state index in [4.69, 9.17) is 40.9 Å². The van der Waals surface area contributed by atoms with Gasteiger partial charge < -0.3 is 45.6 Å². The van der Waals surface area contributed by atoms with Gasteiger partial charge in [-0.05, 0) is 27.7 Å². The number of carbonyl (C=O) groups is 3. The Morgan fingerprint density at radius 3 is 0.862 bits per heavy atom. The molecule has 8 N–H and O–H groups in total. The minimum Gasteiger partial charge on any atom is -0.478 e. The molecule has 0 spiro atoms. The van der Waals surface area contributed by atoms with Crippen LogP contribution in [0.1, 0.15) is 27.7 Å². The van der Waals surface area contributed by atoms with Crippen molar-refractivity contribution in [2.75, 3.05) is 27.0 Å². The molecule has 0 aromatic heterocycles. The van der Waals surface area contributed by atoms with Crippen LogP contribution in [0.3, 0.4) is 0 Å². The molecular weight excluding hydrogens is 396 g/mol. The fourth-order valence-corrected chi connectivity index (χ4v) is 0.254. The van der Waals surface area contributed by atoms with Crippen LogP contribution in [0.15, 0.2) is 36.5 Å². The van der Waals surface area contributed by atoms with Crippen molar-refractivity contribution in [3.05, 3.63) is 36.5 Å². The highest BCUT2D eigenvalue weighted by molar-refractivity contribution is 5.87. The van der Waals surface area contributed by atoms with E-state index in [-0.39, 0.29) is 17.1 Å². The second-order valence-electron chi connectivity index (χ2n) is 4.10. The van der Waals surface area contributed by atoms with Gasteiger partial charge in [-0.25, -0.2) is 14.4 Å². The number of ether oxygens (including phenoxy) is 1. The van der Waals surface area contributed by atoms with Crippen molar-refractivity contribution in [3.63, 3.8) is 0 Å². The third-order valence-corrected chi connectivity index (χ3v) is 1.35. The van der Waals surface area contributed by atoms with Crippen LogP contribution in [-0.2, 0) is 19.1 Å². The number of aliphatic hydroxyl groups excluding tert-OH is 3. The summed E-state index contributed by atoms with van der Waals surface area (Å²) < 4.78 is 4.56. The third kappa shape index (κ3) is 90.5. The topological polar surface area (TPSA) is 222 Å². The third-order valence-electron chi connectivity index (χ3n) is 1.35. The van der Waals surface area contributed by atoms with E-state index in [1.807, 2.05) is 0 Å². The quantitative estimate of drug-likeness (QED) is 0.156. The Morgan fingerprint density at radius 2 is 0.828 bits per heavy atom. The molecule has 12 heteroatoms. The second-order valence-corrected chi connectivity index (χ2v) is 4.10. The summed E-state index contributed by atoms with van der Waals surface area (Å²) in [5, 5.41) is 58.5. The predicted octanol–water partition coefficient (Wildman–Crippen LogP) is -0.795. The van der Waals surface area contributed by atoms with Gasteiger partial charge in [-0.2, -0.15) is 0 Å². The molecule has 0 aromatic rings. The van der Waals surface area contributed by atoms with Crippen LogP contribution in [0.4, 0.5) is 0 Å². The molecule has 0 saturated carbocycles. The fourth-order valence-electron chi connectivity index (χ4n) is 0.254. The summed E-state index contributed by atoms with van der Waals surface area (Å²) in [6.07, 6.45) is 0. The van der Waals surface area contributed by atoms with Crippen molar-refractivity contribution in [1.82, 2.24) is 0 Å². The van der Waals surface area contributed by atoms with Crippen LogP contribution in [0, 0.1) is 0 Å². The maximum absolute atomic E-state index is 10.4. The summed E-state index contributed by atoms with van der Waals surface area (Å²) in [6, 6.07) is 0. The lowest BCUT2D eigenvalue weighted by Gasteiger charge is -1.96. The molecule has 0 aliphatic rings. The number of rotatable bonds is 4. The van der Waals surface area contributed by atoms with E-state index >= 15 is 0 Å². The summed E-state index contributed by atoms with van der Waals surface area (Å²) in [6.45, 7) is 14.2. The molecule has 0 unspecified atom stereocenters. The average Bonchev–Trinajstić information content (AvgIpc) is 2.58. The number of carbonyl (C=O) groups excluding carboxylic acids is 1. The molecule has 174 valence electrons. The van der Waals surface area contributed by atoms with E-state index in [0.717, 1.165) is 0 Å². The van der Waals surface area contributed by atoms with Crippen LogP contribution >= 0.6 is 0 Å². The Balaban J connectivity index is -0.0000000574. The SMILES string of the molecule is C=C(C)C(=O)O.C=C(C)C(=O)O.C=C(C)C(=O)OCC.OCO.OCO.OCO. The maximum atomic E-state index is 10.4. The summed E-state index contributed by atoms with van der Waals surface area (Å²) in [5.74, 6) is -2.18. The molecule has 0 aliphatic carbocycles. The van der Waals surface area contributed by atoms with Gasteiger partial charge >= 0.3 is 17.9 Å². The van der Waals surface area contributed by atoms with Crippen LogP contribution in [0.2, 0.25) is 0 Å². The fraction of sp³-hybridized carbons (Fsp3) is 0.471. The molecule has 0 amide bonds. The van der Waals surface area contributed by atoms with Crippen LogP contribution in [0.25, 0.3) is 0 Å². The number of hydrogen-bond acceptors (Lipinski definition) is 10. The average molecular weight is 430 g/mol. The van der Waals surface area contributed by atoms with E-state index in [0.29, 0.717) is 12.2 Å². The summed E-state index contributed by atoms with van der Waals surface area (Å²) in [5.41, 5.74) is 0.803. The molecule has 0 heterocycles. The van der Waals surface area contributed by atoms with Crippen LogP contribution in [0.5, 0.6) is 0 Å². The molecule has 0 radical (unpaired) electrons.